The van der Waals surface area contributed by atoms with Crippen LogP contribution in [0.15, 0.2) is 4.52 Å². The molecule has 0 unspecified atom stereocenters. The largest absolute Gasteiger partial charge is 0.361 e. The van der Waals surface area contributed by atoms with Crippen LogP contribution in [0.2, 0.25) is 0 Å². The molecule has 1 fully saturated rings. The minimum atomic E-state index is 0.0244. The standard InChI is InChI=1S/C15H25N3O2/c1-6-12-13(11(2)20-16-12)14(19)18(5)10-15(3)7-8-17(4)9-15/h6-10H2,1-5H3/t15-/m0/s1. The van der Waals surface area contributed by atoms with Crippen LogP contribution in [0.1, 0.15) is 42.1 Å². The first-order chi connectivity index (χ1) is 9.36. The fourth-order valence-corrected chi connectivity index (χ4v) is 3.17. The van der Waals surface area contributed by atoms with E-state index in [9.17, 15) is 4.79 Å². The molecule has 1 amide bonds. The minimum Gasteiger partial charge on any atom is -0.361 e. The number of rotatable bonds is 4. The van der Waals surface area contributed by atoms with Crippen LogP contribution in [0, 0.1) is 12.3 Å². The van der Waals surface area contributed by atoms with E-state index in [0.717, 1.165) is 31.7 Å². The van der Waals surface area contributed by atoms with Gasteiger partial charge in [-0.2, -0.15) is 0 Å². The van der Waals surface area contributed by atoms with Crippen molar-refractivity contribution in [2.24, 2.45) is 5.41 Å². The van der Waals surface area contributed by atoms with Gasteiger partial charge in [-0.05, 0) is 38.8 Å². The molecule has 1 aliphatic rings. The van der Waals surface area contributed by atoms with E-state index in [1.54, 1.807) is 6.92 Å². The van der Waals surface area contributed by atoms with Gasteiger partial charge in [0.05, 0.1) is 5.69 Å². The SMILES string of the molecule is CCc1noc(C)c1C(=O)N(C)C[C@@]1(C)CCN(C)C1. The number of aromatic nitrogens is 1. The van der Waals surface area contributed by atoms with E-state index in [-0.39, 0.29) is 11.3 Å². The lowest BCUT2D eigenvalue weighted by molar-refractivity contribution is 0.0727. The lowest BCUT2D eigenvalue weighted by Crippen LogP contribution is -2.39. The number of hydrogen-bond acceptors (Lipinski definition) is 4. The van der Waals surface area contributed by atoms with Crippen LogP contribution in [-0.4, -0.2) is 54.6 Å². The Labute approximate surface area is 120 Å². The first kappa shape index (κ1) is 15.0. The molecular weight excluding hydrogens is 254 g/mol. The highest BCUT2D eigenvalue weighted by Gasteiger charge is 2.35. The zero-order chi connectivity index (χ0) is 14.9. The molecule has 5 heteroatoms. The first-order valence-electron chi connectivity index (χ1n) is 7.25. The minimum absolute atomic E-state index is 0.0244. The maximum absolute atomic E-state index is 12.6. The molecule has 1 atom stereocenters. The Morgan fingerprint density at radius 2 is 2.25 bits per heavy atom. The summed E-state index contributed by atoms with van der Waals surface area (Å²) < 4.78 is 5.16. The van der Waals surface area contributed by atoms with Gasteiger partial charge in [-0.15, -0.1) is 0 Å². The van der Waals surface area contributed by atoms with E-state index < -0.39 is 0 Å². The summed E-state index contributed by atoms with van der Waals surface area (Å²) in [5.74, 6) is 0.642. The molecule has 1 aromatic rings. The van der Waals surface area contributed by atoms with Crippen LogP contribution in [0.25, 0.3) is 0 Å². The van der Waals surface area contributed by atoms with E-state index in [4.69, 9.17) is 4.52 Å². The molecule has 0 aliphatic carbocycles. The third-order valence-corrected chi connectivity index (χ3v) is 4.20. The Hall–Kier alpha value is -1.36. The van der Waals surface area contributed by atoms with Crippen LogP contribution in [0.3, 0.4) is 0 Å². The predicted molar refractivity (Wildman–Crippen MR) is 77.8 cm³/mol. The van der Waals surface area contributed by atoms with Gasteiger partial charge in [0.25, 0.3) is 5.91 Å². The zero-order valence-corrected chi connectivity index (χ0v) is 13.2. The molecule has 5 nitrogen and oxygen atoms in total. The monoisotopic (exact) mass is 279 g/mol. The van der Waals surface area contributed by atoms with Gasteiger partial charge in [0.15, 0.2) is 0 Å². The van der Waals surface area contributed by atoms with E-state index in [1.165, 1.54) is 0 Å². The fraction of sp³-hybridized carbons (Fsp3) is 0.733. The second kappa shape index (κ2) is 5.56. The summed E-state index contributed by atoms with van der Waals surface area (Å²) >= 11 is 0. The molecule has 0 bridgehead atoms. The molecule has 0 radical (unpaired) electrons. The van der Waals surface area contributed by atoms with Gasteiger partial charge in [0.1, 0.15) is 11.3 Å². The van der Waals surface area contributed by atoms with Crippen molar-refractivity contribution in [3.63, 3.8) is 0 Å². The summed E-state index contributed by atoms with van der Waals surface area (Å²) in [5.41, 5.74) is 1.58. The van der Waals surface area contributed by atoms with Gasteiger partial charge < -0.3 is 14.3 Å². The van der Waals surface area contributed by atoms with Crippen molar-refractivity contribution in [3.8, 4) is 0 Å². The van der Waals surface area contributed by atoms with Crippen LogP contribution in [0.4, 0.5) is 0 Å². The molecule has 0 aromatic carbocycles. The third-order valence-electron chi connectivity index (χ3n) is 4.20. The molecule has 1 aliphatic heterocycles. The third kappa shape index (κ3) is 2.87. The fourth-order valence-electron chi connectivity index (χ4n) is 3.17. The summed E-state index contributed by atoms with van der Waals surface area (Å²) in [7, 11) is 4.00. The normalized spacial score (nSPS) is 23.2. The number of likely N-dealkylation sites (tertiary alicyclic amines) is 1. The Morgan fingerprint density at radius 1 is 1.55 bits per heavy atom. The maximum Gasteiger partial charge on any atom is 0.259 e. The molecule has 2 heterocycles. The van der Waals surface area contributed by atoms with Crippen LogP contribution in [0.5, 0.6) is 0 Å². The summed E-state index contributed by atoms with van der Waals surface area (Å²) in [6.45, 7) is 8.95. The number of nitrogens with zero attached hydrogens (tertiary/aromatic N) is 3. The summed E-state index contributed by atoms with van der Waals surface area (Å²) in [4.78, 5) is 16.8. The Morgan fingerprint density at radius 3 is 2.80 bits per heavy atom. The van der Waals surface area contributed by atoms with E-state index in [1.807, 2.05) is 18.9 Å². The van der Waals surface area contributed by atoms with Crippen molar-refractivity contribution < 1.29 is 9.32 Å². The average molecular weight is 279 g/mol. The van der Waals surface area contributed by atoms with E-state index >= 15 is 0 Å². The number of amides is 1. The van der Waals surface area contributed by atoms with Crippen LogP contribution in [-0.2, 0) is 6.42 Å². The van der Waals surface area contributed by atoms with Crippen LogP contribution >= 0.6 is 0 Å². The van der Waals surface area contributed by atoms with E-state index in [0.29, 0.717) is 17.7 Å². The second-order valence-electron chi connectivity index (χ2n) is 6.37. The highest BCUT2D eigenvalue weighted by atomic mass is 16.5. The predicted octanol–water partition coefficient (Wildman–Crippen LogP) is 1.96. The van der Waals surface area contributed by atoms with Crippen molar-refractivity contribution >= 4 is 5.91 Å². The molecule has 1 aromatic heterocycles. The highest BCUT2D eigenvalue weighted by molar-refractivity contribution is 5.96. The molecule has 2 rings (SSSR count). The van der Waals surface area contributed by atoms with Gasteiger partial charge in [0.2, 0.25) is 0 Å². The highest BCUT2D eigenvalue weighted by Crippen LogP contribution is 2.30. The smallest absolute Gasteiger partial charge is 0.259 e. The van der Waals surface area contributed by atoms with Gasteiger partial charge in [-0.25, -0.2) is 0 Å². The summed E-state index contributed by atoms with van der Waals surface area (Å²) in [6, 6.07) is 0. The number of carbonyl (C=O) groups excluding carboxylic acids is 1. The summed E-state index contributed by atoms with van der Waals surface area (Å²) in [5, 5.41) is 3.97. The lowest BCUT2D eigenvalue weighted by Gasteiger charge is -2.30. The number of hydrogen-bond donors (Lipinski definition) is 0. The van der Waals surface area contributed by atoms with Gasteiger partial charge in [-0.3, -0.25) is 4.79 Å². The Kier molecular flexibility index (Phi) is 4.18. The number of carbonyl (C=O) groups is 1. The van der Waals surface area contributed by atoms with Gasteiger partial charge in [-0.1, -0.05) is 19.0 Å². The second-order valence-corrected chi connectivity index (χ2v) is 6.37. The van der Waals surface area contributed by atoms with Crippen molar-refractivity contribution in [1.82, 2.24) is 15.0 Å². The average Bonchev–Trinajstić information content (AvgIpc) is 2.91. The molecule has 1 saturated heterocycles. The number of aryl methyl sites for hydroxylation is 2. The topological polar surface area (TPSA) is 49.6 Å². The molecule has 20 heavy (non-hydrogen) atoms. The molecule has 0 N–H and O–H groups in total. The Balaban J connectivity index is 2.11. The summed E-state index contributed by atoms with van der Waals surface area (Å²) in [6.07, 6.45) is 1.84. The van der Waals surface area contributed by atoms with Crippen molar-refractivity contribution in [3.05, 3.63) is 17.0 Å². The van der Waals surface area contributed by atoms with Gasteiger partial charge >= 0.3 is 0 Å². The lowest BCUT2D eigenvalue weighted by atomic mass is 9.89. The molecule has 0 saturated carbocycles. The van der Waals surface area contributed by atoms with E-state index in [2.05, 4.69) is 24.0 Å². The van der Waals surface area contributed by atoms with Crippen molar-refractivity contribution in [2.45, 2.75) is 33.6 Å². The molecule has 0 spiro atoms. The maximum atomic E-state index is 12.6. The first-order valence-corrected chi connectivity index (χ1v) is 7.25. The Bertz CT molecular complexity index is 497. The molecule has 112 valence electrons. The van der Waals surface area contributed by atoms with Gasteiger partial charge in [0, 0.05) is 20.1 Å². The van der Waals surface area contributed by atoms with Crippen molar-refractivity contribution in [2.75, 3.05) is 33.7 Å². The quantitative estimate of drug-likeness (QED) is 0.845. The molecular formula is C15H25N3O2. The van der Waals surface area contributed by atoms with Crippen LogP contribution < -0.4 is 0 Å². The zero-order valence-electron chi connectivity index (χ0n) is 13.2. The van der Waals surface area contributed by atoms with Crippen molar-refractivity contribution in [1.29, 1.82) is 0 Å².